The average Bonchev–Trinajstić information content (AvgIpc) is 2.94. The maximum atomic E-state index is 6.83. The van der Waals surface area contributed by atoms with Crippen molar-refractivity contribution in [3.05, 3.63) is 90.3 Å². The number of aryl methyl sites for hydroxylation is 2. The van der Waals surface area contributed by atoms with Gasteiger partial charge in [0, 0.05) is 42.7 Å². The van der Waals surface area contributed by atoms with E-state index >= 15 is 0 Å². The molecule has 0 aliphatic rings. The SMILES string of the molecule is CC.CC.CC.CC.CCc1ccncc1.Cc1ccncc1.N=C(N)C#Cc1ccncc1. The van der Waals surface area contributed by atoms with Crippen LogP contribution >= 0.6 is 0 Å². The first-order valence-electron chi connectivity index (χ1n) is 12.1. The smallest absolute Gasteiger partial charge is 0.168 e. The summed E-state index contributed by atoms with van der Waals surface area (Å²) in [6.45, 7) is 20.2. The van der Waals surface area contributed by atoms with Gasteiger partial charge in [-0.1, -0.05) is 68.2 Å². The van der Waals surface area contributed by atoms with E-state index in [0.29, 0.717) is 0 Å². The van der Waals surface area contributed by atoms with Crippen molar-refractivity contribution in [1.29, 1.82) is 5.41 Å². The molecule has 0 aromatic carbocycles. The number of amidine groups is 1. The van der Waals surface area contributed by atoms with Crippen molar-refractivity contribution >= 4 is 5.84 Å². The minimum absolute atomic E-state index is 0.123. The van der Waals surface area contributed by atoms with Crippen LogP contribution in [0, 0.1) is 24.2 Å². The summed E-state index contributed by atoms with van der Waals surface area (Å²) < 4.78 is 0. The fourth-order valence-electron chi connectivity index (χ4n) is 1.62. The fraction of sp³-hybridized carbons (Fsp3) is 0.379. The van der Waals surface area contributed by atoms with Gasteiger partial charge in [0.05, 0.1) is 0 Å². The van der Waals surface area contributed by atoms with Gasteiger partial charge >= 0.3 is 0 Å². The second-order valence-corrected chi connectivity index (χ2v) is 5.13. The number of aromatic nitrogens is 3. The van der Waals surface area contributed by atoms with Crippen molar-refractivity contribution in [2.45, 2.75) is 75.7 Å². The van der Waals surface area contributed by atoms with Crippen LogP contribution in [0.15, 0.2) is 73.6 Å². The standard InChI is InChI=1S/C8H7N3.C7H9N.C6H7N.4C2H6/c9-8(10)2-1-7-3-5-11-6-4-7;1-2-7-3-5-8-6-4-7;1-6-2-4-7-5-3-6;4*1-2/h3-6H,(H3,9,10);3-6H,2H2,1H3;2-5H,1H3;4*1-2H3. The van der Waals surface area contributed by atoms with Gasteiger partial charge in [-0.15, -0.1) is 0 Å². The third kappa shape index (κ3) is 28.5. The molecule has 5 nitrogen and oxygen atoms in total. The lowest BCUT2D eigenvalue weighted by Crippen LogP contribution is -2.04. The van der Waals surface area contributed by atoms with Gasteiger partial charge in [-0.05, 0) is 66.8 Å². The Morgan fingerprint density at radius 1 is 0.706 bits per heavy atom. The molecule has 34 heavy (non-hydrogen) atoms. The van der Waals surface area contributed by atoms with Gasteiger partial charge in [0.15, 0.2) is 5.84 Å². The highest BCUT2D eigenvalue weighted by atomic mass is 14.7. The minimum Gasteiger partial charge on any atom is -0.377 e. The molecule has 0 bridgehead atoms. The van der Waals surface area contributed by atoms with Gasteiger partial charge in [-0.2, -0.15) is 0 Å². The molecule has 3 aromatic heterocycles. The first kappa shape index (κ1) is 37.8. The van der Waals surface area contributed by atoms with E-state index in [9.17, 15) is 0 Å². The van der Waals surface area contributed by atoms with Crippen molar-refractivity contribution in [1.82, 2.24) is 15.0 Å². The Bertz CT molecular complexity index is 809. The van der Waals surface area contributed by atoms with Gasteiger partial charge in [0.1, 0.15) is 0 Å². The van der Waals surface area contributed by atoms with Gasteiger partial charge in [0.2, 0.25) is 0 Å². The molecule has 0 saturated heterocycles. The van der Waals surface area contributed by atoms with E-state index in [1.807, 2.05) is 99.0 Å². The first-order valence-corrected chi connectivity index (χ1v) is 12.1. The van der Waals surface area contributed by atoms with Crippen molar-refractivity contribution in [2.24, 2.45) is 5.73 Å². The molecule has 188 valence electrons. The number of nitrogens with zero attached hydrogens (tertiary/aromatic N) is 3. The summed E-state index contributed by atoms with van der Waals surface area (Å²) in [6, 6.07) is 11.5. The third-order valence-electron chi connectivity index (χ3n) is 3.03. The molecule has 0 aliphatic heterocycles. The highest BCUT2D eigenvalue weighted by Crippen LogP contribution is 1.94. The normalized spacial score (nSPS) is 7.24. The molecular weight excluding hydrogens is 418 g/mol. The number of nitrogens with one attached hydrogen (secondary N) is 1. The van der Waals surface area contributed by atoms with Gasteiger partial charge < -0.3 is 5.73 Å². The predicted octanol–water partition coefficient (Wildman–Crippen LogP) is 7.51. The van der Waals surface area contributed by atoms with Crippen LogP contribution in [0.3, 0.4) is 0 Å². The molecule has 3 aromatic rings. The van der Waals surface area contributed by atoms with Crippen molar-refractivity contribution in [3.8, 4) is 11.8 Å². The Kier molecular flexibility index (Phi) is 37.9. The molecule has 0 amide bonds. The van der Waals surface area contributed by atoms with Gasteiger partial charge in [-0.3, -0.25) is 20.4 Å². The Hall–Kier alpha value is -3.52. The highest BCUT2D eigenvalue weighted by molar-refractivity contribution is 5.94. The molecule has 3 heterocycles. The van der Waals surface area contributed by atoms with Crippen LogP contribution in [0.1, 0.15) is 79.0 Å². The zero-order chi connectivity index (χ0) is 27.0. The zero-order valence-corrected chi connectivity index (χ0v) is 23.1. The van der Waals surface area contributed by atoms with Crippen molar-refractivity contribution in [3.63, 3.8) is 0 Å². The van der Waals surface area contributed by atoms with E-state index in [1.54, 1.807) is 36.9 Å². The lowest BCUT2D eigenvalue weighted by Gasteiger charge is -1.89. The van der Waals surface area contributed by atoms with Gasteiger partial charge in [-0.25, -0.2) is 0 Å². The van der Waals surface area contributed by atoms with Crippen LogP contribution in [0.5, 0.6) is 0 Å². The van der Waals surface area contributed by atoms with Crippen LogP contribution < -0.4 is 5.73 Å². The highest BCUT2D eigenvalue weighted by Gasteiger charge is 1.82. The summed E-state index contributed by atoms with van der Waals surface area (Å²) >= 11 is 0. The molecule has 0 saturated carbocycles. The first-order chi connectivity index (χ1) is 16.6. The van der Waals surface area contributed by atoms with E-state index in [4.69, 9.17) is 11.1 Å². The third-order valence-corrected chi connectivity index (χ3v) is 3.03. The molecule has 0 aliphatic carbocycles. The summed E-state index contributed by atoms with van der Waals surface area (Å²) in [5.74, 6) is 5.03. The Morgan fingerprint density at radius 3 is 1.32 bits per heavy atom. The molecule has 3 N–H and O–H groups in total. The summed E-state index contributed by atoms with van der Waals surface area (Å²) in [5.41, 5.74) is 8.46. The molecule has 5 heteroatoms. The van der Waals surface area contributed by atoms with E-state index < -0.39 is 0 Å². The number of hydrogen-bond acceptors (Lipinski definition) is 4. The van der Waals surface area contributed by atoms with Crippen LogP contribution in [0.25, 0.3) is 0 Å². The fourth-order valence-corrected chi connectivity index (χ4v) is 1.62. The maximum absolute atomic E-state index is 6.83. The number of nitrogens with two attached hydrogens (primary N) is 1. The second-order valence-electron chi connectivity index (χ2n) is 5.13. The predicted molar refractivity (Wildman–Crippen MR) is 151 cm³/mol. The van der Waals surface area contributed by atoms with E-state index in [2.05, 4.69) is 33.7 Å². The van der Waals surface area contributed by atoms with E-state index in [0.717, 1.165) is 12.0 Å². The molecular formula is C29H47N5. The monoisotopic (exact) mass is 465 g/mol. The maximum Gasteiger partial charge on any atom is 0.168 e. The lowest BCUT2D eigenvalue weighted by molar-refractivity contribution is 1.12. The quantitative estimate of drug-likeness (QED) is 0.221. The number of pyridine rings is 3. The van der Waals surface area contributed by atoms with Crippen LogP contribution in [0.2, 0.25) is 0 Å². The van der Waals surface area contributed by atoms with Crippen LogP contribution in [-0.2, 0) is 6.42 Å². The molecule has 0 radical (unpaired) electrons. The largest absolute Gasteiger partial charge is 0.377 e. The summed E-state index contributed by atoms with van der Waals surface area (Å²) in [6.07, 6.45) is 11.6. The summed E-state index contributed by atoms with van der Waals surface area (Å²) in [5, 5.41) is 6.83. The van der Waals surface area contributed by atoms with Crippen molar-refractivity contribution in [2.75, 3.05) is 0 Å². The van der Waals surface area contributed by atoms with E-state index in [-0.39, 0.29) is 5.84 Å². The average molecular weight is 466 g/mol. The molecule has 0 unspecified atom stereocenters. The number of hydrogen-bond donors (Lipinski definition) is 2. The van der Waals surface area contributed by atoms with Gasteiger partial charge in [0.25, 0.3) is 0 Å². The Morgan fingerprint density at radius 2 is 1.06 bits per heavy atom. The van der Waals surface area contributed by atoms with Crippen LogP contribution in [0.4, 0.5) is 0 Å². The second kappa shape index (κ2) is 34.1. The molecule has 0 fully saturated rings. The number of rotatable bonds is 1. The molecule has 0 atom stereocenters. The zero-order valence-electron chi connectivity index (χ0n) is 23.1. The lowest BCUT2D eigenvalue weighted by atomic mass is 10.2. The van der Waals surface area contributed by atoms with Crippen LogP contribution in [-0.4, -0.2) is 20.8 Å². The van der Waals surface area contributed by atoms with Crippen molar-refractivity contribution < 1.29 is 0 Å². The topological polar surface area (TPSA) is 88.5 Å². The summed E-state index contributed by atoms with van der Waals surface area (Å²) in [7, 11) is 0. The Labute approximate surface area is 209 Å². The van der Waals surface area contributed by atoms with E-state index in [1.165, 1.54) is 11.1 Å². The summed E-state index contributed by atoms with van der Waals surface area (Å²) in [4.78, 5) is 11.6. The Balaban J connectivity index is -0.000000176. The molecule has 0 spiro atoms. The minimum atomic E-state index is -0.123. The molecule has 3 rings (SSSR count).